The van der Waals surface area contributed by atoms with E-state index in [1.807, 2.05) is 31.2 Å². The molecule has 2 aliphatic rings. The van der Waals surface area contributed by atoms with Crippen molar-refractivity contribution in [1.82, 2.24) is 4.72 Å². The number of hydrogen-bond donors (Lipinski definition) is 1. The van der Waals surface area contributed by atoms with Gasteiger partial charge in [0, 0.05) is 12.6 Å². The Bertz CT molecular complexity index is 604. The monoisotopic (exact) mass is 323 g/mol. The lowest BCUT2D eigenvalue weighted by atomic mass is 9.99. The fourth-order valence-electron chi connectivity index (χ4n) is 3.20. The number of aryl methyl sites for hydroxylation is 1. The third-order valence-corrected chi connectivity index (χ3v) is 6.03. The van der Waals surface area contributed by atoms with Gasteiger partial charge in [-0.25, -0.2) is 13.1 Å². The quantitative estimate of drug-likeness (QED) is 0.876. The van der Waals surface area contributed by atoms with Crippen molar-refractivity contribution in [2.75, 3.05) is 12.4 Å². The van der Waals surface area contributed by atoms with E-state index in [9.17, 15) is 8.42 Å². The van der Waals surface area contributed by atoms with Gasteiger partial charge in [-0.2, -0.15) is 0 Å². The highest BCUT2D eigenvalue weighted by atomic mass is 32.2. The Kier molecular flexibility index (Phi) is 4.85. The summed E-state index contributed by atoms with van der Waals surface area (Å²) in [5.41, 5.74) is 2.26. The van der Waals surface area contributed by atoms with Crippen LogP contribution in [0.3, 0.4) is 0 Å². The zero-order chi connectivity index (χ0) is 15.6. The summed E-state index contributed by atoms with van der Waals surface area (Å²) in [6.07, 6.45) is 4.99. The molecule has 1 N–H and O–H groups in total. The van der Waals surface area contributed by atoms with E-state index in [4.69, 9.17) is 4.74 Å². The molecule has 0 spiro atoms. The molecule has 1 heterocycles. The molecule has 3 rings (SSSR count). The zero-order valence-electron chi connectivity index (χ0n) is 13.1. The average molecular weight is 323 g/mol. The third kappa shape index (κ3) is 4.09. The Morgan fingerprint density at radius 2 is 2.00 bits per heavy atom. The summed E-state index contributed by atoms with van der Waals surface area (Å²) < 4.78 is 33.6. The van der Waals surface area contributed by atoms with Gasteiger partial charge in [-0.05, 0) is 56.1 Å². The van der Waals surface area contributed by atoms with Crippen molar-refractivity contribution in [1.29, 1.82) is 0 Å². The smallest absolute Gasteiger partial charge is 0.214 e. The number of ether oxygens (including phenoxy) is 1. The van der Waals surface area contributed by atoms with E-state index in [0.717, 1.165) is 43.2 Å². The molecule has 1 aromatic carbocycles. The van der Waals surface area contributed by atoms with Gasteiger partial charge in [-0.1, -0.05) is 24.3 Å². The van der Waals surface area contributed by atoms with Gasteiger partial charge in [0.2, 0.25) is 10.0 Å². The molecule has 22 heavy (non-hydrogen) atoms. The molecule has 0 aromatic heterocycles. The largest absolute Gasteiger partial charge is 0.377 e. The highest BCUT2D eigenvalue weighted by Crippen LogP contribution is 2.42. The van der Waals surface area contributed by atoms with Crippen LogP contribution in [0.2, 0.25) is 0 Å². The van der Waals surface area contributed by atoms with E-state index in [1.54, 1.807) is 0 Å². The molecule has 1 saturated heterocycles. The molecular weight excluding hydrogens is 298 g/mol. The van der Waals surface area contributed by atoms with Crippen LogP contribution < -0.4 is 4.72 Å². The minimum atomic E-state index is -3.33. The van der Waals surface area contributed by atoms with Gasteiger partial charge in [0.25, 0.3) is 0 Å². The van der Waals surface area contributed by atoms with E-state index in [2.05, 4.69) is 4.72 Å². The summed E-state index contributed by atoms with van der Waals surface area (Å²) in [5.74, 6) is 0.519. The van der Waals surface area contributed by atoms with E-state index in [1.165, 1.54) is 0 Å². The maximum absolute atomic E-state index is 12.5. The van der Waals surface area contributed by atoms with Crippen molar-refractivity contribution in [2.45, 2.75) is 51.2 Å². The predicted octanol–water partition coefficient (Wildman–Crippen LogP) is 2.93. The third-order valence-electron chi connectivity index (χ3n) is 4.60. The lowest BCUT2D eigenvalue weighted by Crippen LogP contribution is -2.37. The van der Waals surface area contributed by atoms with Crippen molar-refractivity contribution in [3.63, 3.8) is 0 Å². The maximum Gasteiger partial charge on any atom is 0.214 e. The molecule has 122 valence electrons. The molecule has 4 nitrogen and oxygen atoms in total. The van der Waals surface area contributed by atoms with Gasteiger partial charge in [-0.3, -0.25) is 0 Å². The standard InChI is InChI=1S/C17H25NO3S/c1-13-6-2-3-8-16(13)17(14-9-10-14)18-22(19,20)12-15-7-4-5-11-21-15/h2-3,6,8,14-15,17-18H,4-5,7,9-12H2,1H3. The highest BCUT2D eigenvalue weighted by Gasteiger charge is 2.36. The number of nitrogens with one attached hydrogen (secondary N) is 1. The number of hydrogen-bond acceptors (Lipinski definition) is 3. The zero-order valence-corrected chi connectivity index (χ0v) is 13.9. The molecule has 1 saturated carbocycles. The van der Waals surface area contributed by atoms with E-state index in [0.29, 0.717) is 12.5 Å². The van der Waals surface area contributed by atoms with Gasteiger partial charge in [0.05, 0.1) is 11.9 Å². The summed E-state index contributed by atoms with van der Waals surface area (Å²) in [4.78, 5) is 0. The SMILES string of the molecule is Cc1ccccc1C(NS(=O)(=O)CC1CCCCO1)C1CC1. The summed E-state index contributed by atoms with van der Waals surface area (Å²) in [6, 6.07) is 7.97. The number of sulfonamides is 1. The molecule has 5 heteroatoms. The topological polar surface area (TPSA) is 55.4 Å². The minimum Gasteiger partial charge on any atom is -0.377 e. The second-order valence-corrected chi connectivity index (χ2v) is 8.36. The van der Waals surface area contributed by atoms with Gasteiger partial charge in [0.1, 0.15) is 0 Å². The van der Waals surface area contributed by atoms with Crippen LogP contribution in [-0.2, 0) is 14.8 Å². The van der Waals surface area contributed by atoms with Gasteiger partial charge >= 0.3 is 0 Å². The van der Waals surface area contributed by atoms with E-state index < -0.39 is 10.0 Å². The van der Waals surface area contributed by atoms with Crippen molar-refractivity contribution >= 4 is 10.0 Å². The minimum absolute atomic E-state index is 0.0854. The Morgan fingerprint density at radius 1 is 1.23 bits per heavy atom. The first-order valence-electron chi connectivity index (χ1n) is 8.22. The molecule has 0 radical (unpaired) electrons. The first kappa shape index (κ1) is 16.0. The lowest BCUT2D eigenvalue weighted by molar-refractivity contribution is 0.0303. The average Bonchev–Trinajstić information content (AvgIpc) is 3.31. The Hall–Kier alpha value is -0.910. The van der Waals surface area contributed by atoms with Gasteiger partial charge in [-0.15, -0.1) is 0 Å². The molecule has 1 aromatic rings. The molecule has 2 fully saturated rings. The van der Waals surface area contributed by atoms with Crippen LogP contribution in [0.5, 0.6) is 0 Å². The van der Waals surface area contributed by atoms with E-state index >= 15 is 0 Å². The summed E-state index contributed by atoms with van der Waals surface area (Å²) in [7, 11) is -3.33. The van der Waals surface area contributed by atoms with Crippen molar-refractivity contribution in [3.05, 3.63) is 35.4 Å². The highest BCUT2D eigenvalue weighted by molar-refractivity contribution is 7.89. The molecule has 2 atom stereocenters. The van der Waals surface area contributed by atoms with Gasteiger partial charge < -0.3 is 4.74 Å². The molecular formula is C17H25NO3S. The van der Waals surface area contributed by atoms with Crippen LogP contribution in [0.1, 0.15) is 49.3 Å². The van der Waals surface area contributed by atoms with Crippen LogP contribution >= 0.6 is 0 Å². The molecule has 1 aliphatic carbocycles. The van der Waals surface area contributed by atoms with Crippen molar-refractivity contribution in [3.8, 4) is 0 Å². The van der Waals surface area contributed by atoms with Crippen LogP contribution in [0.15, 0.2) is 24.3 Å². The second kappa shape index (κ2) is 6.69. The second-order valence-electron chi connectivity index (χ2n) is 6.56. The van der Waals surface area contributed by atoms with Gasteiger partial charge in [0.15, 0.2) is 0 Å². The molecule has 2 unspecified atom stereocenters. The molecule has 0 bridgehead atoms. The van der Waals surface area contributed by atoms with Crippen LogP contribution in [0.25, 0.3) is 0 Å². The van der Waals surface area contributed by atoms with Crippen molar-refractivity contribution in [2.24, 2.45) is 5.92 Å². The molecule has 0 amide bonds. The number of rotatable bonds is 6. The first-order chi connectivity index (χ1) is 10.6. The summed E-state index contributed by atoms with van der Waals surface area (Å²) in [6.45, 7) is 2.73. The Balaban J connectivity index is 1.71. The van der Waals surface area contributed by atoms with Crippen LogP contribution in [0, 0.1) is 12.8 Å². The fraction of sp³-hybridized carbons (Fsp3) is 0.647. The predicted molar refractivity (Wildman–Crippen MR) is 87.2 cm³/mol. The fourth-order valence-corrected chi connectivity index (χ4v) is 4.76. The van der Waals surface area contributed by atoms with Crippen LogP contribution in [-0.4, -0.2) is 26.9 Å². The Morgan fingerprint density at radius 3 is 2.64 bits per heavy atom. The first-order valence-corrected chi connectivity index (χ1v) is 9.87. The maximum atomic E-state index is 12.5. The summed E-state index contributed by atoms with van der Waals surface area (Å²) >= 11 is 0. The normalized spacial score (nSPS) is 24.1. The van der Waals surface area contributed by atoms with Crippen LogP contribution in [0.4, 0.5) is 0 Å². The van der Waals surface area contributed by atoms with E-state index in [-0.39, 0.29) is 17.9 Å². The van der Waals surface area contributed by atoms with Crippen molar-refractivity contribution < 1.29 is 13.2 Å². The Labute approximate surface area is 133 Å². The molecule has 1 aliphatic heterocycles. The summed E-state index contributed by atoms with van der Waals surface area (Å²) in [5, 5.41) is 0. The number of benzene rings is 1. The lowest BCUT2D eigenvalue weighted by Gasteiger charge is -2.25.